The van der Waals surface area contributed by atoms with Crippen LogP contribution >= 0.6 is 0 Å². The number of nitrogens with zero attached hydrogens (tertiary/aromatic N) is 1. The minimum Gasteiger partial charge on any atom is -0.330 e. The number of piperidine rings is 1. The molecule has 2 aliphatic rings. The first-order valence-corrected chi connectivity index (χ1v) is 6.10. The first-order valence-electron chi connectivity index (χ1n) is 6.10. The highest BCUT2D eigenvalue weighted by atomic mass is 15.2. The van der Waals surface area contributed by atoms with E-state index in [1.165, 1.54) is 38.8 Å². The van der Waals surface area contributed by atoms with Gasteiger partial charge in [-0.15, -0.1) is 0 Å². The molecular formula is C12H24N2. The van der Waals surface area contributed by atoms with Crippen LogP contribution in [0.1, 0.15) is 39.5 Å². The molecule has 2 heteroatoms. The van der Waals surface area contributed by atoms with Crippen molar-refractivity contribution in [3.8, 4) is 0 Å². The molecule has 14 heavy (non-hydrogen) atoms. The highest BCUT2D eigenvalue weighted by molar-refractivity contribution is 4.98. The first-order chi connectivity index (χ1) is 6.65. The summed E-state index contributed by atoms with van der Waals surface area (Å²) in [6.07, 6.45) is 5.50. The van der Waals surface area contributed by atoms with Gasteiger partial charge in [-0.1, -0.05) is 6.92 Å². The molecule has 1 aliphatic heterocycles. The summed E-state index contributed by atoms with van der Waals surface area (Å²) >= 11 is 0. The Morgan fingerprint density at radius 3 is 2.36 bits per heavy atom. The lowest BCUT2D eigenvalue weighted by Gasteiger charge is -2.38. The summed E-state index contributed by atoms with van der Waals surface area (Å²) in [7, 11) is 0. The van der Waals surface area contributed by atoms with Crippen LogP contribution in [0.2, 0.25) is 0 Å². The highest BCUT2D eigenvalue weighted by Crippen LogP contribution is 2.50. The SMILES string of the molecule is CC(N1CCC(CN)CC1)C1(C)CC1. The molecule has 82 valence electrons. The zero-order chi connectivity index (χ0) is 10.2. The van der Waals surface area contributed by atoms with Crippen LogP contribution in [-0.4, -0.2) is 30.6 Å². The highest BCUT2D eigenvalue weighted by Gasteiger charge is 2.45. The summed E-state index contributed by atoms with van der Waals surface area (Å²) in [6, 6.07) is 0.793. The maximum absolute atomic E-state index is 5.70. The standard InChI is InChI=1S/C12H24N2/c1-10(12(2)5-6-12)14-7-3-11(9-13)4-8-14/h10-11H,3-9,13H2,1-2H3. The summed E-state index contributed by atoms with van der Waals surface area (Å²) in [4.78, 5) is 2.68. The van der Waals surface area contributed by atoms with E-state index in [1.807, 2.05) is 0 Å². The third-order valence-electron chi connectivity index (χ3n) is 4.58. The van der Waals surface area contributed by atoms with Crippen molar-refractivity contribution >= 4 is 0 Å². The van der Waals surface area contributed by atoms with Crippen LogP contribution in [-0.2, 0) is 0 Å². The third-order valence-corrected chi connectivity index (χ3v) is 4.58. The van der Waals surface area contributed by atoms with Gasteiger partial charge in [-0.25, -0.2) is 0 Å². The summed E-state index contributed by atoms with van der Waals surface area (Å²) in [5.41, 5.74) is 6.35. The number of likely N-dealkylation sites (tertiary alicyclic amines) is 1. The van der Waals surface area contributed by atoms with Crippen LogP contribution in [0, 0.1) is 11.3 Å². The van der Waals surface area contributed by atoms with Crippen molar-refractivity contribution < 1.29 is 0 Å². The van der Waals surface area contributed by atoms with Crippen molar-refractivity contribution in [2.45, 2.75) is 45.6 Å². The fourth-order valence-corrected chi connectivity index (χ4v) is 2.63. The van der Waals surface area contributed by atoms with Gasteiger partial charge in [-0.05, 0) is 63.6 Å². The molecule has 1 saturated heterocycles. The van der Waals surface area contributed by atoms with E-state index in [4.69, 9.17) is 5.73 Å². The molecule has 0 aromatic carbocycles. The molecule has 2 rings (SSSR count). The Morgan fingerprint density at radius 1 is 1.36 bits per heavy atom. The van der Waals surface area contributed by atoms with Crippen molar-refractivity contribution in [1.82, 2.24) is 4.90 Å². The molecule has 0 amide bonds. The molecule has 0 aromatic heterocycles. The monoisotopic (exact) mass is 196 g/mol. The molecule has 1 aliphatic carbocycles. The van der Waals surface area contributed by atoms with E-state index < -0.39 is 0 Å². The van der Waals surface area contributed by atoms with Gasteiger partial charge in [0.1, 0.15) is 0 Å². The topological polar surface area (TPSA) is 29.3 Å². The Hall–Kier alpha value is -0.0800. The minimum absolute atomic E-state index is 0.648. The average Bonchev–Trinajstić information content (AvgIpc) is 2.97. The van der Waals surface area contributed by atoms with Gasteiger partial charge in [-0.3, -0.25) is 0 Å². The van der Waals surface area contributed by atoms with Crippen molar-refractivity contribution in [1.29, 1.82) is 0 Å². The molecule has 1 saturated carbocycles. The van der Waals surface area contributed by atoms with Gasteiger partial charge in [0.15, 0.2) is 0 Å². The Balaban J connectivity index is 1.83. The van der Waals surface area contributed by atoms with E-state index in [0.717, 1.165) is 18.5 Å². The summed E-state index contributed by atoms with van der Waals surface area (Å²) in [5, 5.41) is 0. The van der Waals surface area contributed by atoms with Crippen LogP contribution in [0.4, 0.5) is 0 Å². The van der Waals surface area contributed by atoms with Gasteiger partial charge < -0.3 is 10.6 Å². The molecular weight excluding hydrogens is 172 g/mol. The van der Waals surface area contributed by atoms with Gasteiger partial charge in [0.05, 0.1) is 0 Å². The van der Waals surface area contributed by atoms with E-state index in [0.29, 0.717) is 5.41 Å². The Bertz CT molecular complexity index is 190. The second kappa shape index (κ2) is 3.82. The van der Waals surface area contributed by atoms with Gasteiger partial charge >= 0.3 is 0 Å². The zero-order valence-corrected chi connectivity index (χ0v) is 9.63. The molecule has 1 heterocycles. The van der Waals surface area contributed by atoms with Gasteiger partial charge in [0.25, 0.3) is 0 Å². The maximum Gasteiger partial charge on any atom is 0.0121 e. The number of hydrogen-bond donors (Lipinski definition) is 1. The second-order valence-electron chi connectivity index (χ2n) is 5.55. The van der Waals surface area contributed by atoms with E-state index in [1.54, 1.807) is 0 Å². The van der Waals surface area contributed by atoms with Crippen molar-refractivity contribution in [2.75, 3.05) is 19.6 Å². The summed E-state index contributed by atoms with van der Waals surface area (Å²) in [5.74, 6) is 0.797. The van der Waals surface area contributed by atoms with Gasteiger partial charge in [0.2, 0.25) is 0 Å². The Morgan fingerprint density at radius 2 is 1.93 bits per heavy atom. The Labute approximate surface area is 87.8 Å². The van der Waals surface area contributed by atoms with E-state index in [-0.39, 0.29) is 0 Å². The minimum atomic E-state index is 0.648. The van der Waals surface area contributed by atoms with Crippen LogP contribution < -0.4 is 5.73 Å². The molecule has 0 aromatic rings. The van der Waals surface area contributed by atoms with Crippen LogP contribution in [0.3, 0.4) is 0 Å². The predicted octanol–water partition coefficient (Wildman–Crippen LogP) is 1.85. The summed E-state index contributed by atoms with van der Waals surface area (Å²) in [6.45, 7) is 8.29. The smallest absolute Gasteiger partial charge is 0.0121 e. The van der Waals surface area contributed by atoms with Crippen molar-refractivity contribution in [3.63, 3.8) is 0 Å². The number of hydrogen-bond acceptors (Lipinski definition) is 2. The molecule has 2 N–H and O–H groups in total. The molecule has 2 nitrogen and oxygen atoms in total. The number of nitrogens with two attached hydrogens (primary N) is 1. The van der Waals surface area contributed by atoms with Gasteiger partial charge in [-0.2, -0.15) is 0 Å². The molecule has 0 radical (unpaired) electrons. The average molecular weight is 196 g/mol. The van der Waals surface area contributed by atoms with E-state index in [2.05, 4.69) is 18.7 Å². The van der Waals surface area contributed by atoms with Crippen molar-refractivity contribution in [3.05, 3.63) is 0 Å². The van der Waals surface area contributed by atoms with Gasteiger partial charge in [0, 0.05) is 6.04 Å². The lowest BCUT2D eigenvalue weighted by atomic mass is 9.92. The van der Waals surface area contributed by atoms with Crippen LogP contribution in [0.25, 0.3) is 0 Å². The molecule has 2 fully saturated rings. The summed E-state index contributed by atoms with van der Waals surface area (Å²) < 4.78 is 0. The van der Waals surface area contributed by atoms with E-state index >= 15 is 0 Å². The predicted molar refractivity (Wildman–Crippen MR) is 60.2 cm³/mol. The van der Waals surface area contributed by atoms with Crippen LogP contribution in [0.5, 0.6) is 0 Å². The zero-order valence-electron chi connectivity index (χ0n) is 9.63. The molecule has 0 spiro atoms. The van der Waals surface area contributed by atoms with Crippen molar-refractivity contribution in [2.24, 2.45) is 17.1 Å². The van der Waals surface area contributed by atoms with E-state index in [9.17, 15) is 0 Å². The Kier molecular flexibility index (Phi) is 2.85. The quantitative estimate of drug-likeness (QED) is 0.746. The fourth-order valence-electron chi connectivity index (χ4n) is 2.63. The normalized spacial score (nSPS) is 30.2. The molecule has 1 unspecified atom stereocenters. The number of rotatable bonds is 3. The molecule has 0 bridgehead atoms. The largest absolute Gasteiger partial charge is 0.330 e. The lowest BCUT2D eigenvalue weighted by molar-refractivity contribution is 0.103. The fraction of sp³-hybridized carbons (Fsp3) is 1.00. The first kappa shape index (κ1) is 10.4. The lowest BCUT2D eigenvalue weighted by Crippen LogP contribution is -2.44. The maximum atomic E-state index is 5.70. The van der Waals surface area contributed by atoms with Crippen LogP contribution in [0.15, 0.2) is 0 Å². The third kappa shape index (κ3) is 1.96. The second-order valence-corrected chi connectivity index (χ2v) is 5.55. The molecule has 1 atom stereocenters.